The summed E-state index contributed by atoms with van der Waals surface area (Å²) < 4.78 is 0.585. The molecule has 1 aromatic heterocycles. The third kappa shape index (κ3) is 0.995. The minimum atomic E-state index is -0.296. The van der Waals surface area contributed by atoms with Crippen LogP contribution < -0.4 is 4.73 Å². The standard InChI is InChI=1S/C8H10N2O2/c11-8-5-9-6-3-1-2-4-7(6)10(8)12/h5,11H,1-4H2. The third-order valence-corrected chi connectivity index (χ3v) is 2.20. The average molecular weight is 166 g/mol. The lowest BCUT2D eigenvalue weighted by Crippen LogP contribution is -2.35. The number of hydrogen-bond acceptors (Lipinski definition) is 3. The highest BCUT2D eigenvalue weighted by Crippen LogP contribution is 2.16. The summed E-state index contributed by atoms with van der Waals surface area (Å²) >= 11 is 0. The molecule has 0 spiro atoms. The molecule has 0 aromatic carbocycles. The number of fused-ring (bicyclic) bond motifs is 1. The maximum atomic E-state index is 11.2. The van der Waals surface area contributed by atoms with Crippen LogP contribution in [0.5, 0.6) is 5.88 Å². The first-order chi connectivity index (χ1) is 5.79. The SMILES string of the molecule is [O-][n+]1c(O)cnc2c1CCCC2. The zero-order chi connectivity index (χ0) is 8.55. The van der Waals surface area contributed by atoms with Crippen LogP contribution in [0.25, 0.3) is 0 Å². The van der Waals surface area contributed by atoms with Gasteiger partial charge in [0.2, 0.25) is 5.69 Å². The molecule has 0 aliphatic heterocycles. The van der Waals surface area contributed by atoms with Crippen molar-refractivity contribution in [3.8, 4) is 5.88 Å². The molecule has 0 bridgehead atoms. The summed E-state index contributed by atoms with van der Waals surface area (Å²) in [7, 11) is 0. The number of aryl methyl sites for hydroxylation is 1. The molecule has 4 heteroatoms. The molecule has 0 amide bonds. The van der Waals surface area contributed by atoms with Crippen molar-refractivity contribution >= 4 is 0 Å². The van der Waals surface area contributed by atoms with Crippen molar-refractivity contribution in [2.75, 3.05) is 0 Å². The molecule has 0 unspecified atom stereocenters. The Hall–Kier alpha value is -1.32. The summed E-state index contributed by atoms with van der Waals surface area (Å²) in [6, 6.07) is 0. The van der Waals surface area contributed by atoms with E-state index in [0.29, 0.717) is 10.4 Å². The number of hydrogen-bond donors (Lipinski definition) is 1. The van der Waals surface area contributed by atoms with E-state index in [-0.39, 0.29) is 5.88 Å². The summed E-state index contributed by atoms with van der Waals surface area (Å²) in [6.45, 7) is 0. The lowest BCUT2D eigenvalue weighted by molar-refractivity contribution is -0.623. The van der Waals surface area contributed by atoms with E-state index in [2.05, 4.69) is 4.98 Å². The van der Waals surface area contributed by atoms with Crippen LogP contribution in [0.3, 0.4) is 0 Å². The minimum Gasteiger partial charge on any atom is -0.616 e. The van der Waals surface area contributed by atoms with Crippen LogP contribution in [0.4, 0.5) is 0 Å². The Balaban J connectivity index is 2.54. The highest BCUT2D eigenvalue weighted by atomic mass is 16.5. The van der Waals surface area contributed by atoms with Gasteiger partial charge in [0.25, 0.3) is 0 Å². The first-order valence-electron chi connectivity index (χ1n) is 4.08. The molecule has 0 fully saturated rings. The number of nitrogens with zero attached hydrogens (tertiary/aromatic N) is 2. The van der Waals surface area contributed by atoms with Gasteiger partial charge in [-0.05, 0) is 19.3 Å². The summed E-state index contributed by atoms with van der Waals surface area (Å²) in [6.07, 6.45) is 4.92. The van der Waals surface area contributed by atoms with E-state index in [4.69, 9.17) is 5.11 Å². The zero-order valence-corrected chi connectivity index (χ0v) is 6.66. The van der Waals surface area contributed by atoms with Crippen molar-refractivity contribution in [1.82, 2.24) is 4.98 Å². The first-order valence-corrected chi connectivity index (χ1v) is 4.08. The van der Waals surface area contributed by atoms with Crippen molar-refractivity contribution < 1.29 is 9.84 Å². The molecule has 2 rings (SSSR count). The topological polar surface area (TPSA) is 60.1 Å². The van der Waals surface area contributed by atoms with Gasteiger partial charge in [-0.3, -0.25) is 0 Å². The molecule has 64 valence electrons. The van der Waals surface area contributed by atoms with E-state index >= 15 is 0 Å². The highest BCUT2D eigenvalue weighted by molar-refractivity contribution is 5.12. The predicted octanol–water partition coefficient (Wildman–Crippen LogP) is 0.299. The van der Waals surface area contributed by atoms with Crippen LogP contribution in [0.1, 0.15) is 24.2 Å². The molecule has 0 radical (unpaired) electrons. The number of rotatable bonds is 0. The summed E-state index contributed by atoms with van der Waals surface area (Å²) in [5, 5.41) is 20.3. The second-order valence-electron chi connectivity index (χ2n) is 3.01. The van der Waals surface area contributed by atoms with Crippen LogP contribution in [-0.4, -0.2) is 10.1 Å². The van der Waals surface area contributed by atoms with Crippen molar-refractivity contribution in [2.24, 2.45) is 0 Å². The van der Waals surface area contributed by atoms with E-state index < -0.39 is 0 Å². The van der Waals surface area contributed by atoms with Gasteiger partial charge in [0.1, 0.15) is 11.9 Å². The Kier molecular flexibility index (Phi) is 1.60. The Labute approximate surface area is 70.1 Å². The van der Waals surface area contributed by atoms with Crippen LogP contribution in [0.15, 0.2) is 6.20 Å². The largest absolute Gasteiger partial charge is 0.616 e. The molecule has 0 saturated heterocycles. The van der Waals surface area contributed by atoms with Crippen molar-refractivity contribution in [1.29, 1.82) is 0 Å². The van der Waals surface area contributed by atoms with Gasteiger partial charge in [-0.2, -0.15) is 0 Å². The third-order valence-electron chi connectivity index (χ3n) is 2.20. The highest BCUT2D eigenvalue weighted by Gasteiger charge is 2.20. The lowest BCUT2D eigenvalue weighted by Gasteiger charge is -2.13. The molecular weight excluding hydrogens is 156 g/mol. The molecule has 0 saturated carbocycles. The van der Waals surface area contributed by atoms with Crippen molar-refractivity contribution in [3.63, 3.8) is 0 Å². The quantitative estimate of drug-likeness (QED) is 0.445. The predicted molar refractivity (Wildman–Crippen MR) is 41.5 cm³/mol. The molecule has 1 N–H and O–H groups in total. The van der Waals surface area contributed by atoms with E-state index in [0.717, 1.165) is 31.4 Å². The van der Waals surface area contributed by atoms with Gasteiger partial charge in [-0.15, -0.1) is 4.73 Å². The van der Waals surface area contributed by atoms with Crippen molar-refractivity contribution in [3.05, 3.63) is 22.8 Å². The number of aromatic hydroxyl groups is 1. The lowest BCUT2D eigenvalue weighted by atomic mass is 10.0. The fraction of sp³-hybridized carbons (Fsp3) is 0.500. The molecule has 1 aliphatic carbocycles. The zero-order valence-electron chi connectivity index (χ0n) is 6.66. The Morgan fingerprint density at radius 3 is 3.00 bits per heavy atom. The second-order valence-corrected chi connectivity index (χ2v) is 3.01. The summed E-state index contributed by atoms with van der Waals surface area (Å²) in [5.74, 6) is -0.296. The van der Waals surface area contributed by atoms with Gasteiger partial charge in [0.05, 0.1) is 0 Å². The van der Waals surface area contributed by atoms with E-state index in [1.54, 1.807) is 0 Å². The van der Waals surface area contributed by atoms with Gasteiger partial charge < -0.3 is 10.3 Å². The first kappa shape index (κ1) is 7.34. The fourth-order valence-electron chi connectivity index (χ4n) is 1.56. The van der Waals surface area contributed by atoms with Crippen LogP contribution in [0, 0.1) is 5.21 Å². The van der Waals surface area contributed by atoms with Gasteiger partial charge in [0.15, 0.2) is 0 Å². The Morgan fingerprint density at radius 2 is 2.17 bits per heavy atom. The van der Waals surface area contributed by atoms with Gasteiger partial charge >= 0.3 is 5.88 Å². The molecular formula is C8H10N2O2. The summed E-state index contributed by atoms with van der Waals surface area (Å²) in [4.78, 5) is 4.01. The van der Waals surface area contributed by atoms with Gasteiger partial charge in [-0.1, -0.05) is 0 Å². The van der Waals surface area contributed by atoms with Gasteiger partial charge in [-0.25, -0.2) is 4.98 Å². The Bertz CT molecular complexity index is 312. The molecule has 4 nitrogen and oxygen atoms in total. The Morgan fingerprint density at radius 1 is 1.42 bits per heavy atom. The maximum absolute atomic E-state index is 11.2. The molecule has 1 aromatic rings. The van der Waals surface area contributed by atoms with Crippen LogP contribution >= 0.6 is 0 Å². The molecule has 1 aliphatic rings. The average Bonchev–Trinajstić information content (AvgIpc) is 2.12. The van der Waals surface area contributed by atoms with E-state index in [1.807, 2.05) is 0 Å². The molecule has 12 heavy (non-hydrogen) atoms. The normalized spacial score (nSPS) is 15.7. The minimum absolute atomic E-state index is 0.296. The smallest absolute Gasteiger partial charge is 0.396 e. The number of aromatic nitrogens is 2. The van der Waals surface area contributed by atoms with Crippen LogP contribution in [0.2, 0.25) is 0 Å². The fourth-order valence-corrected chi connectivity index (χ4v) is 1.56. The monoisotopic (exact) mass is 166 g/mol. The second kappa shape index (κ2) is 2.62. The van der Waals surface area contributed by atoms with E-state index in [9.17, 15) is 5.21 Å². The van der Waals surface area contributed by atoms with Crippen LogP contribution in [-0.2, 0) is 12.8 Å². The van der Waals surface area contributed by atoms with Crippen molar-refractivity contribution in [2.45, 2.75) is 25.7 Å². The molecule has 1 heterocycles. The van der Waals surface area contributed by atoms with Gasteiger partial charge in [0, 0.05) is 6.42 Å². The maximum Gasteiger partial charge on any atom is 0.396 e. The molecule has 0 atom stereocenters. The van der Waals surface area contributed by atoms with E-state index in [1.165, 1.54) is 6.20 Å². The summed E-state index contributed by atoms with van der Waals surface area (Å²) in [5.41, 5.74) is 1.48.